The van der Waals surface area contributed by atoms with E-state index in [1.807, 2.05) is 26.8 Å². The summed E-state index contributed by atoms with van der Waals surface area (Å²) in [6.45, 7) is 10.4. The molecule has 3 N–H and O–H groups in total. The van der Waals surface area contributed by atoms with Crippen molar-refractivity contribution in [3.05, 3.63) is 17.8 Å². The van der Waals surface area contributed by atoms with Gasteiger partial charge in [-0.2, -0.15) is 5.10 Å². The van der Waals surface area contributed by atoms with Crippen LogP contribution in [0.2, 0.25) is 0 Å². The molecule has 0 saturated heterocycles. The van der Waals surface area contributed by atoms with E-state index in [4.69, 9.17) is 4.74 Å². The molecule has 2 aliphatic carbocycles. The van der Waals surface area contributed by atoms with Gasteiger partial charge in [0, 0.05) is 25.3 Å². The normalized spacial score (nSPS) is 24.9. The first-order chi connectivity index (χ1) is 16.1. The van der Waals surface area contributed by atoms with Gasteiger partial charge < -0.3 is 20.5 Å². The lowest BCUT2D eigenvalue weighted by molar-refractivity contribution is -0.121. The van der Waals surface area contributed by atoms with Crippen LogP contribution >= 0.6 is 0 Å². The Kier molecular flexibility index (Phi) is 8.79. The highest BCUT2D eigenvalue weighted by atomic mass is 16.5. The Labute approximate surface area is 203 Å². The summed E-state index contributed by atoms with van der Waals surface area (Å²) < 4.78 is 7.61. The highest BCUT2D eigenvalue weighted by molar-refractivity contribution is 5.96. The molecule has 8 nitrogen and oxygen atoms in total. The Morgan fingerprint density at radius 1 is 1.29 bits per heavy atom. The number of ether oxygens (including phenoxy) is 1. The average Bonchev–Trinajstić information content (AvgIpc) is 3.18. The SMILES string of the molecule is CCC(=O)NC(C)(C)C=Cn1ncc(C(=O)NC2C3CCCC2CC(CO)C3)c1OCC(C)C. The number of carbonyl (C=O) groups excluding carboxylic acids is 2. The van der Waals surface area contributed by atoms with Crippen LogP contribution in [0.25, 0.3) is 6.20 Å². The second kappa shape index (κ2) is 11.4. The van der Waals surface area contributed by atoms with E-state index < -0.39 is 5.54 Å². The molecular weight excluding hydrogens is 432 g/mol. The summed E-state index contributed by atoms with van der Waals surface area (Å²) in [6, 6.07) is 0.129. The first-order valence-corrected chi connectivity index (χ1v) is 12.8. The molecule has 2 bridgehead atoms. The largest absolute Gasteiger partial charge is 0.477 e. The van der Waals surface area contributed by atoms with Crippen molar-refractivity contribution in [2.75, 3.05) is 13.2 Å². The summed E-state index contributed by atoms with van der Waals surface area (Å²) in [5.74, 6) is 1.66. The molecule has 2 unspecified atom stereocenters. The van der Waals surface area contributed by atoms with Crippen molar-refractivity contribution in [3.63, 3.8) is 0 Å². The van der Waals surface area contributed by atoms with Crippen LogP contribution in [0.4, 0.5) is 0 Å². The van der Waals surface area contributed by atoms with Gasteiger partial charge >= 0.3 is 0 Å². The molecule has 2 amide bonds. The zero-order chi connectivity index (χ0) is 24.9. The monoisotopic (exact) mass is 474 g/mol. The second-order valence-electron chi connectivity index (χ2n) is 10.9. The Bertz CT molecular complexity index is 862. The molecule has 3 rings (SSSR count). The number of carbonyl (C=O) groups is 2. The van der Waals surface area contributed by atoms with Gasteiger partial charge in [-0.15, -0.1) is 0 Å². The molecule has 2 aliphatic rings. The highest BCUT2D eigenvalue weighted by Crippen LogP contribution is 2.43. The van der Waals surface area contributed by atoms with Crippen molar-refractivity contribution in [1.82, 2.24) is 20.4 Å². The van der Waals surface area contributed by atoms with Crippen LogP contribution in [0.1, 0.15) is 83.5 Å². The third-order valence-electron chi connectivity index (χ3n) is 6.96. The fourth-order valence-corrected chi connectivity index (χ4v) is 5.23. The van der Waals surface area contributed by atoms with Gasteiger partial charge in [0.1, 0.15) is 5.56 Å². The number of amides is 2. The van der Waals surface area contributed by atoms with Crippen LogP contribution in [0.15, 0.2) is 12.3 Å². The van der Waals surface area contributed by atoms with E-state index in [-0.39, 0.29) is 30.4 Å². The number of hydrogen-bond acceptors (Lipinski definition) is 5. The minimum Gasteiger partial charge on any atom is -0.477 e. The number of aliphatic hydroxyl groups is 1. The first kappa shape index (κ1) is 26.3. The lowest BCUT2D eigenvalue weighted by Crippen LogP contribution is -2.51. The van der Waals surface area contributed by atoms with Gasteiger partial charge in [-0.1, -0.05) is 27.2 Å². The van der Waals surface area contributed by atoms with Gasteiger partial charge in [-0.25, -0.2) is 4.68 Å². The molecule has 1 heterocycles. The van der Waals surface area contributed by atoms with E-state index in [1.54, 1.807) is 17.1 Å². The fourth-order valence-electron chi connectivity index (χ4n) is 5.23. The van der Waals surface area contributed by atoms with Crippen molar-refractivity contribution < 1.29 is 19.4 Å². The molecule has 2 atom stereocenters. The van der Waals surface area contributed by atoms with E-state index in [9.17, 15) is 14.7 Å². The number of hydrogen-bond donors (Lipinski definition) is 3. The van der Waals surface area contributed by atoms with Crippen molar-refractivity contribution >= 4 is 18.0 Å². The molecule has 2 fully saturated rings. The lowest BCUT2D eigenvalue weighted by atomic mass is 9.65. The molecule has 0 radical (unpaired) electrons. The summed E-state index contributed by atoms with van der Waals surface area (Å²) >= 11 is 0. The summed E-state index contributed by atoms with van der Waals surface area (Å²) in [7, 11) is 0. The van der Waals surface area contributed by atoms with Gasteiger partial charge in [0.2, 0.25) is 11.8 Å². The van der Waals surface area contributed by atoms with Crippen molar-refractivity contribution in [2.24, 2.45) is 23.7 Å². The zero-order valence-electron chi connectivity index (χ0n) is 21.3. The number of aromatic nitrogens is 2. The van der Waals surface area contributed by atoms with Crippen LogP contribution in [0.5, 0.6) is 5.88 Å². The summed E-state index contributed by atoms with van der Waals surface area (Å²) in [5, 5.41) is 20.3. The van der Waals surface area contributed by atoms with Gasteiger partial charge in [-0.05, 0) is 69.3 Å². The molecule has 8 heteroatoms. The van der Waals surface area contributed by atoms with Crippen LogP contribution in [-0.2, 0) is 4.79 Å². The minimum absolute atomic E-state index is 0.0343. The van der Waals surface area contributed by atoms with E-state index in [0.29, 0.717) is 42.2 Å². The number of fused-ring (bicyclic) bond motifs is 2. The predicted molar refractivity (Wildman–Crippen MR) is 132 cm³/mol. The van der Waals surface area contributed by atoms with Crippen LogP contribution in [0.3, 0.4) is 0 Å². The maximum absolute atomic E-state index is 13.4. The average molecular weight is 475 g/mol. The number of aliphatic hydroxyl groups excluding tert-OH is 1. The van der Waals surface area contributed by atoms with E-state index in [2.05, 4.69) is 29.6 Å². The summed E-state index contributed by atoms with van der Waals surface area (Å²) in [6.07, 6.45) is 10.9. The topological polar surface area (TPSA) is 105 Å². The van der Waals surface area contributed by atoms with Gasteiger partial charge in [0.05, 0.1) is 18.3 Å². The van der Waals surface area contributed by atoms with Crippen molar-refractivity contribution in [3.8, 4) is 5.88 Å². The number of nitrogens with one attached hydrogen (secondary N) is 2. The highest BCUT2D eigenvalue weighted by Gasteiger charge is 2.41. The third-order valence-corrected chi connectivity index (χ3v) is 6.96. The van der Waals surface area contributed by atoms with Crippen molar-refractivity contribution in [2.45, 2.75) is 84.7 Å². The molecule has 1 aromatic heterocycles. The maximum atomic E-state index is 13.4. The van der Waals surface area contributed by atoms with Gasteiger partial charge in [0.15, 0.2) is 0 Å². The molecule has 2 saturated carbocycles. The second-order valence-corrected chi connectivity index (χ2v) is 10.9. The Hall–Kier alpha value is -2.35. The molecule has 0 spiro atoms. The smallest absolute Gasteiger partial charge is 0.258 e. The Morgan fingerprint density at radius 2 is 1.97 bits per heavy atom. The lowest BCUT2D eigenvalue weighted by Gasteiger charge is -2.45. The quantitative estimate of drug-likeness (QED) is 0.480. The molecular formula is C26H42N4O4. The predicted octanol–water partition coefficient (Wildman–Crippen LogP) is 3.61. The molecule has 190 valence electrons. The third kappa shape index (κ3) is 6.62. The van der Waals surface area contributed by atoms with E-state index >= 15 is 0 Å². The van der Waals surface area contributed by atoms with Gasteiger partial charge in [-0.3, -0.25) is 9.59 Å². The summed E-state index contributed by atoms with van der Waals surface area (Å²) in [5.41, 5.74) is -0.150. The first-order valence-electron chi connectivity index (χ1n) is 12.8. The van der Waals surface area contributed by atoms with Crippen LogP contribution in [-0.4, -0.2) is 51.5 Å². The van der Waals surface area contributed by atoms with Gasteiger partial charge in [0.25, 0.3) is 5.91 Å². The number of nitrogens with zero attached hydrogens (tertiary/aromatic N) is 2. The van der Waals surface area contributed by atoms with Crippen LogP contribution in [0, 0.1) is 23.7 Å². The molecule has 0 aliphatic heterocycles. The number of rotatable bonds is 10. The van der Waals surface area contributed by atoms with E-state index in [0.717, 1.165) is 25.7 Å². The minimum atomic E-state index is -0.570. The molecule has 0 aromatic carbocycles. The van der Waals surface area contributed by atoms with E-state index in [1.165, 1.54) is 6.42 Å². The Morgan fingerprint density at radius 3 is 2.56 bits per heavy atom. The Balaban J connectivity index is 1.79. The molecule has 1 aromatic rings. The zero-order valence-corrected chi connectivity index (χ0v) is 21.3. The fraction of sp³-hybridized carbons (Fsp3) is 0.731. The maximum Gasteiger partial charge on any atom is 0.258 e. The van der Waals surface area contributed by atoms with Crippen LogP contribution < -0.4 is 15.4 Å². The molecule has 34 heavy (non-hydrogen) atoms. The standard InChI is InChI=1S/C26H42N4O4/c1-6-22(32)29-26(4,5)10-11-30-25(34-16-17(2)3)21(14-27-30)24(33)28-23-19-8-7-9-20(23)13-18(12-19)15-31/h10-11,14,17-20,23,31H,6-9,12-13,15-16H2,1-5H3,(H,28,33)(H,29,32). The summed E-state index contributed by atoms with van der Waals surface area (Å²) in [4.78, 5) is 25.2. The van der Waals surface area contributed by atoms with Crippen molar-refractivity contribution in [1.29, 1.82) is 0 Å².